The highest BCUT2D eigenvalue weighted by Gasteiger charge is 2.22. The van der Waals surface area contributed by atoms with Crippen LogP contribution in [0.15, 0.2) is 22.7 Å². The minimum atomic E-state index is -0.196. The van der Waals surface area contributed by atoms with E-state index in [0.717, 1.165) is 0 Å². The van der Waals surface area contributed by atoms with E-state index < -0.39 is 0 Å². The van der Waals surface area contributed by atoms with E-state index in [-0.39, 0.29) is 24.4 Å². The minimum Gasteiger partial charge on any atom is -0.495 e. The predicted octanol–water partition coefficient (Wildman–Crippen LogP) is 3.49. The van der Waals surface area contributed by atoms with Gasteiger partial charge in [0.25, 0.3) is 0 Å². The molecule has 136 valence electrons. The second kappa shape index (κ2) is 8.31. The van der Waals surface area contributed by atoms with Crippen molar-refractivity contribution in [1.29, 1.82) is 0 Å². The molecule has 0 aliphatic heterocycles. The van der Waals surface area contributed by atoms with Crippen molar-refractivity contribution in [2.75, 3.05) is 26.0 Å². The number of carbonyl (C=O) groups excluding carboxylic acids is 1. The zero-order valence-corrected chi connectivity index (χ0v) is 15.8. The van der Waals surface area contributed by atoms with Gasteiger partial charge in [0, 0.05) is 10.9 Å². The van der Waals surface area contributed by atoms with Crippen LogP contribution in [0.25, 0.3) is 0 Å². The van der Waals surface area contributed by atoms with Gasteiger partial charge in [-0.2, -0.15) is 4.98 Å². The second-order valence-electron chi connectivity index (χ2n) is 6.13. The Morgan fingerprint density at radius 3 is 2.72 bits per heavy atom. The average Bonchev–Trinajstić information content (AvgIpc) is 3.04. The number of nitrogens with one attached hydrogen (secondary N) is 1. The van der Waals surface area contributed by atoms with Crippen molar-refractivity contribution in [3.63, 3.8) is 0 Å². The van der Waals surface area contributed by atoms with Gasteiger partial charge in [0.15, 0.2) is 5.82 Å². The molecule has 0 bridgehead atoms. The number of hydrogen-bond acceptors (Lipinski definition) is 6. The molecule has 1 aromatic heterocycles. The van der Waals surface area contributed by atoms with Crippen LogP contribution in [-0.2, 0) is 4.79 Å². The third kappa shape index (κ3) is 4.93. The molecule has 1 unspecified atom stereocenters. The molecule has 0 aliphatic rings. The Balaban J connectivity index is 2.00. The number of hydrogen-bond donors (Lipinski definition) is 1. The fraction of sp³-hybridized carbons (Fsp3) is 0.471. The molecule has 7 nitrogen and oxygen atoms in total. The van der Waals surface area contributed by atoms with Crippen molar-refractivity contribution in [3.8, 4) is 5.75 Å². The molecular weight excluding hydrogens is 344 g/mol. The number of anilines is 1. The van der Waals surface area contributed by atoms with Gasteiger partial charge in [0.1, 0.15) is 5.75 Å². The van der Waals surface area contributed by atoms with Crippen LogP contribution in [0.1, 0.15) is 44.4 Å². The molecule has 2 rings (SSSR count). The van der Waals surface area contributed by atoms with E-state index in [2.05, 4.69) is 15.5 Å². The zero-order chi connectivity index (χ0) is 18.6. The number of nitrogens with zero attached hydrogens (tertiary/aromatic N) is 3. The highest BCUT2D eigenvalue weighted by Crippen LogP contribution is 2.27. The molecule has 0 fully saturated rings. The summed E-state index contributed by atoms with van der Waals surface area (Å²) in [5.41, 5.74) is 0.529. The van der Waals surface area contributed by atoms with Gasteiger partial charge < -0.3 is 14.6 Å². The van der Waals surface area contributed by atoms with Crippen molar-refractivity contribution in [1.82, 2.24) is 15.0 Å². The fourth-order valence-electron chi connectivity index (χ4n) is 2.17. The molecule has 25 heavy (non-hydrogen) atoms. The highest BCUT2D eigenvalue weighted by molar-refractivity contribution is 6.31. The van der Waals surface area contributed by atoms with E-state index in [9.17, 15) is 4.79 Å². The van der Waals surface area contributed by atoms with Crippen molar-refractivity contribution < 1.29 is 14.1 Å². The summed E-state index contributed by atoms with van der Waals surface area (Å²) in [5.74, 6) is 1.68. The first-order valence-corrected chi connectivity index (χ1v) is 8.36. The summed E-state index contributed by atoms with van der Waals surface area (Å²) in [4.78, 5) is 18.5. The standard InChI is InChI=1S/C17H23ClN4O3/c1-10(2)16-20-17(25-21-16)11(3)22(4)9-15(23)19-13-8-12(18)6-7-14(13)24-5/h6-8,10-11H,9H2,1-5H3,(H,19,23). The molecule has 1 aromatic carbocycles. The Bertz CT molecular complexity index is 732. The Morgan fingerprint density at radius 2 is 2.12 bits per heavy atom. The lowest BCUT2D eigenvalue weighted by molar-refractivity contribution is -0.117. The van der Waals surface area contributed by atoms with Crippen molar-refractivity contribution in [2.24, 2.45) is 0 Å². The first-order chi connectivity index (χ1) is 11.8. The quantitative estimate of drug-likeness (QED) is 0.807. The predicted molar refractivity (Wildman–Crippen MR) is 96.1 cm³/mol. The van der Waals surface area contributed by atoms with E-state index in [0.29, 0.717) is 28.2 Å². The number of amides is 1. The SMILES string of the molecule is COc1ccc(Cl)cc1NC(=O)CN(C)C(C)c1nc(C(C)C)no1. The highest BCUT2D eigenvalue weighted by atomic mass is 35.5. The van der Waals surface area contributed by atoms with Gasteiger partial charge in [-0.05, 0) is 32.2 Å². The molecule has 1 N–H and O–H groups in total. The van der Waals surface area contributed by atoms with Crippen LogP contribution in [0.5, 0.6) is 5.75 Å². The summed E-state index contributed by atoms with van der Waals surface area (Å²) in [6.45, 7) is 6.05. The smallest absolute Gasteiger partial charge is 0.243 e. The number of likely N-dealkylation sites (N-methyl/N-ethyl adjacent to an activating group) is 1. The zero-order valence-electron chi connectivity index (χ0n) is 15.0. The second-order valence-corrected chi connectivity index (χ2v) is 6.57. The van der Waals surface area contributed by atoms with Crippen LogP contribution in [-0.4, -0.2) is 41.6 Å². The Labute approximate surface area is 152 Å². The topological polar surface area (TPSA) is 80.5 Å². The van der Waals surface area contributed by atoms with Gasteiger partial charge in [-0.1, -0.05) is 30.6 Å². The number of benzene rings is 1. The minimum absolute atomic E-state index is 0.149. The molecule has 8 heteroatoms. The van der Waals surface area contributed by atoms with Gasteiger partial charge in [-0.15, -0.1) is 0 Å². The van der Waals surface area contributed by atoms with Crippen LogP contribution < -0.4 is 10.1 Å². The van der Waals surface area contributed by atoms with E-state index in [4.69, 9.17) is 20.9 Å². The third-order valence-electron chi connectivity index (χ3n) is 3.82. The Hall–Kier alpha value is -2.12. The number of halogens is 1. The van der Waals surface area contributed by atoms with Crippen LogP contribution >= 0.6 is 11.6 Å². The monoisotopic (exact) mass is 366 g/mol. The summed E-state index contributed by atoms with van der Waals surface area (Å²) < 4.78 is 10.5. The molecule has 0 radical (unpaired) electrons. The Morgan fingerprint density at radius 1 is 1.40 bits per heavy atom. The third-order valence-corrected chi connectivity index (χ3v) is 4.06. The Kier molecular flexibility index (Phi) is 6.39. The summed E-state index contributed by atoms with van der Waals surface area (Å²) in [7, 11) is 3.35. The normalized spacial score (nSPS) is 12.5. The summed E-state index contributed by atoms with van der Waals surface area (Å²) >= 11 is 5.98. The number of aromatic nitrogens is 2. The van der Waals surface area contributed by atoms with E-state index in [1.165, 1.54) is 7.11 Å². The lowest BCUT2D eigenvalue weighted by Crippen LogP contribution is -2.32. The molecule has 0 aliphatic carbocycles. The molecule has 1 atom stereocenters. The maximum absolute atomic E-state index is 12.3. The molecule has 0 saturated carbocycles. The molecule has 2 aromatic rings. The average molecular weight is 367 g/mol. The van der Waals surface area contributed by atoms with E-state index in [1.54, 1.807) is 18.2 Å². The van der Waals surface area contributed by atoms with Gasteiger partial charge >= 0.3 is 0 Å². The lowest BCUT2D eigenvalue weighted by atomic mass is 10.2. The van der Waals surface area contributed by atoms with Gasteiger partial charge in [0.05, 0.1) is 25.4 Å². The summed E-state index contributed by atoms with van der Waals surface area (Å²) in [6.07, 6.45) is 0. The summed E-state index contributed by atoms with van der Waals surface area (Å²) in [5, 5.41) is 7.28. The number of rotatable bonds is 7. The number of ether oxygens (including phenoxy) is 1. The largest absolute Gasteiger partial charge is 0.495 e. The summed E-state index contributed by atoms with van der Waals surface area (Å²) in [6, 6.07) is 4.86. The van der Waals surface area contributed by atoms with Gasteiger partial charge in [-0.3, -0.25) is 9.69 Å². The van der Waals surface area contributed by atoms with Gasteiger partial charge in [0.2, 0.25) is 11.8 Å². The van der Waals surface area contributed by atoms with E-state index >= 15 is 0 Å². The first kappa shape index (κ1) is 19.2. The van der Waals surface area contributed by atoms with Crippen LogP contribution in [0, 0.1) is 0 Å². The first-order valence-electron chi connectivity index (χ1n) is 7.99. The van der Waals surface area contributed by atoms with Crippen LogP contribution in [0.2, 0.25) is 5.02 Å². The van der Waals surface area contributed by atoms with Gasteiger partial charge in [-0.25, -0.2) is 0 Å². The molecular formula is C17H23ClN4O3. The van der Waals surface area contributed by atoms with Crippen LogP contribution in [0.3, 0.4) is 0 Å². The lowest BCUT2D eigenvalue weighted by Gasteiger charge is -2.21. The number of methoxy groups -OCH3 is 1. The number of carbonyl (C=O) groups is 1. The molecule has 0 spiro atoms. The molecule has 1 heterocycles. The van der Waals surface area contributed by atoms with Crippen molar-refractivity contribution in [3.05, 3.63) is 34.9 Å². The molecule has 0 saturated heterocycles. The van der Waals surface area contributed by atoms with Crippen molar-refractivity contribution in [2.45, 2.75) is 32.7 Å². The van der Waals surface area contributed by atoms with Crippen LogP contribution in [0.4, 0.5) is 5.69 Å². The van der Waals surface area contributed by atoms with Crippen molar-refractivity contribution >= 4 is 23.2 Å². The maximum atomic E-state index is 12.3. The molecule has 1 amide bonds. The fourth-order valence-corrected chi connectivity index (χ4v) is 2.34. The maximum Gasteiger partial charge on any atom is 0.243 e. The van der Waals surface area contributed by atoms with E-state index in [1.807, 2.05) is 32.7 Å².